The normalized spacial score (nSPS) is 16.2. The molecule has 0 unspecified atom stereocenters. The number of hydrogen-bond acceptors (Lipinski definition) is 4. The molecule has 2 aromatic carbocycles. The average Bonchev–Trinajstić information content (AvgIpc) is 3.00. The maximum atomic E-state index is 5.86. The van der Waals surface area contributed by atoms with Gasteiger partial charge >= 0.3 is 0 Å². The molecule has 0 atom stereocenters. The minimum atomic E-state index is 0.690. The highest BCUT2D eigenvalue weighted by molar-refractivity contribution is 5.76. The summed E-state index contributed by atoms with van der Waals surface area (Å²) in [5, 5.41) is 3.38. The van der Waals surface area contributed by atoms with E-state index in [1.54, 1.807) is 0 Å². The molecule has 1 aliphatic rings. The second-order valence-corrected chi connectivity index (χ2v) is 5.71. The summed E-state index contributed by atoms with van der Waals surface area (Å²) in [6.45, 7) is 5.33. The van der Waals surface area contributed by atoms with Gasteiger partial charge in [0.1, 0.15) is 5.52 Å². The zero-order valence-electron chi connectivity index (χ0n) is 12.5. The first kappa shape index (κ1) is 13.5. The molecule has 0 bridgehead atoms. The monoisotopic (exact) mass is 293 g/mol. The van der Waals surface area contributed by atoms with E-state index in [2.05, 4.69) is 27.3 Å². The van der Waals surface area contributed by atoms with Gasteiger partial charge in [0.25, 0.3) is 0 Å². The third kappa shape index (κ3) is 2.75. The van der Waals surface area contributed by atoms with Crippen molar-refractivity contribution in [1.82, 2.24) is 15.2 Å². The minimum absolute atomic E-state index is 0.690. The Bertz CT molecular complexity index is 760. The average molecular weight is 293 g/mol. The van der Waals surface area contributed by atoms with Gasteiger partial charge in [-0.25, -0.2) is 4.98 Å². The molecule has 0 radical (unpaired) electrons. The van der Waals surface area contributed by atoms with E-state index in [-0.39, 0.29) is 0 Å². The Morgan fingerprint density at radius 2 is 1.86 bits per heavy atom. The highest BCUT2D eigenvalue weighted by Gasteiger charge is 2.12. The first-order valence-corrected chi connectivity index (χ1v) is 7.76. The summed E-state index contributed by atoms with van der Waals surface area (Å²) in [5.41, 5.74) is 4.10. The van der Waals surface area contributed by atoms with Gasteiger partial charge in [0.15, 0.2) is 5.58 Å². The van der Waals surface area contributed by atoms with Crippen molar-refractivity contribution in [3.63, 3.8) is 0 Å². The maximum Gasteiger partial charge on any atom is 0.227 e. The number of oxazole rings is 1. The molecule has 0 saturated carbocycles. The predicted molar refractivity (Wildman–Crippen MR) is 87.6 cm³/mol. The van der Waals surface area contributed by atoms with Crippen molar-refractivity contribution in [2.45, 2.75) is 6.54 Å². The molecule has 112 valence electrons. The Labute approximate surface area is 129 Å². The van der Waals surface area contributed by atoms with Crippen LogP contribution in [0.1, 0.15) is 5.56 Å². The van der Waals surface area contributed by atoms with Crippen LogP contribution in [0.3, 0.4) is 0 Å². The Morgan fingerprint density at radius 3 is 2.68 bits per heavy atom. The lowest BCUT2D eigenvalue weighted by molar-refractivity contribution is 0.233. The Kier molecular flexibility index (Phi) is 3.62. The largest absolute Gasteiger partial charge is 0.436 e. The fourth-order valence-electron chi connectivity index (χ4n) is 2.90. The molecule has 0 spiro atoms. The molecule has 2 heterocycles. The van der Waals surface area contributed by atoms with Crippen molar-refractivity contribution in [2.75, 3.05) is 26.2 Å². The highest BCUT2D eigenvalue weighted by atomic mass is 16.3. The van der Waals surface area contributed by atoms with E-state index >= 15 is 0 Å². The second-order valence-electron chi connectivity index (χ2n) is 5.71. The lowest BCUT2D eigenvalue weighted by atomic mass is 10.2. The number of hydrogen-bond donors (Lipinski definition) is 1. The van der Waals surface area contributed by atoms with E-state index in [0.717, 1.165) is 49.4 Å². The van der Waals surface area contributed by atoms with Crippen LogP contribution in [-0.2, 0) is 6.54 Å². The molecular weight excluding hydrogens is 274 g/mol. The van der Waals surface area contributed by atoms with E-state index in [1.807, 2.05) is 36.4 Å². The summed E-state index contributed by atoms with van der Waals surface area (Å²) in [4.78, 5) is 7.11. The van der Waals surface area contributed by atoms with Crippen LogP contribution in [0.15, 0.2) is 52.9 Å². The molecule has 1 saturated heterocycles. The number of rotatable bonds is 3. The maximum absolute atomic E-state index is 5.86. The number of aromatic nitrogens is 1. The molecular formula is C18H19N3O. The molecule has 3 aromatic rings. The fraction of sp³-hybridized carbons (Fsp3) is 0.278. The van der Waals surface area contributed by atoms with Crippen molar-refractivity contribution in [2.24, 2.45) is 0 Å². The third-order valence-electron chi connectivity index (χ3n) is 4.09. The van der Waals surface area contributed by atoms with Gasteiger partial charge in [0.2, 0.25) is 5.89 Å². The topological polar surface area (TPSA) is 41.3 Å². The van der Waals surface area contributed by atoms with Crippen LogP contribution in [0.2, 0.25) is 0 Å². The zero-order chi connectivity index (χ0) is 14.8. The van der Waals surface area contributed by atoms with E-state index in [0.29, 0.717) is 5.89 Å². The Hall–Kier alpha value is -2.17. The van der Waals surface area contributed by atoms with Gasteiger partial charge in [0.05, 0.1) is 0 Å². The summed E-state index contributed by atoms with van der Waals surface area (Å²) in [7, 11) is 0. The van der Waals surface area contributed by atoms with Gasteiger partial charge in [-0.1, -0.05) is 24.3 Å². The number of nitrogens with zero attached hydrogens (tertiary/aromatic N) is 2. The molecule has 1 fully saturated rings. The first-order valence-electron chi connectivity index (χ1n) is 7.76. The van der Waals surface area contributed by atoms with Gasteiger partial charge in [0, 0.05) is 38.3 Å². The number of piperazine rings is 1. The standard InChI is InChI=1S/C18H19N3O/c1-2-4-15(5-3-1)18-20-16-12-14(6-7-17(16)22-18)13-21-10-8-19-9-11-21/h1-7,12,19H,8-11,13H2. The van der Waals surface area contributed by atoms with Gasteiger partial charge in [-0.2, -0.15) is 0 Å². The predicted octanol–water partition coefficient (Wildman–Crippen LogP) is 2.90. The highest BCUT2D eigenvalue weighted by Crippen LogP contribution is 2.25. The second kappa shape index (κ2) is 5.91. The minimum Gasteiger partial charge on any atom is -0.436 e. The number of nitrogens with one attached hydrogen (secondary N) is 1. The van der Waals surface area contributed by atoms with Crippen LogP contribution < -0.4 is 5.32 Å². The quantitative estimate of drug-likeness (QED) is 0.806. The molecule has 0 aliphatic carbocycles. The van der Waals surface area contributed by atoms with Crippen LogP contribution in [0.5, 0.6) is 0 Å². The molecule has 1 aliphatic heterocycles. The van der Waals surface area contributed by atoms with Crippen molar-refractivity contribution >= 4 is 11.1 Å². The molecule has 4 heteroatoms. The van der Waals surface area contributed by atoms with Crippen molar-refractivity contribution in [3.8, 4) is 11.5 Å². The summed E-state index contributed by atoms with van der Waals surface area (Å²) in [5.74, 6) is 0.690. The van der Waals surface area contributed by atoms with Crippen molar-refractivity contribution in [3.05, 3.63) is 54.1 Å². The van der Waals surface area contributed by atoms with Crippen LogP contribution in [-0.4, -0.2) is 36.1 Å². The summed E-state index contributed by atoms with van der Waals surface area (Å²) >= 11 is 0. The summed E-state index contributed by atoms with van der Waals surface area (Å²) < 4.78 is 5.86. The summed E-state index contributed by atoms with van der Waals surface area (Å²) in [6, 6.07) is 16.4. The van der Waals surface area contributed by atoms with Crippen LogP contribution in [0.4, 0.5) is 0 Å². The van der Waals surface area contributed by atoms with E-state index < -0.39 is 0 Å². The lowest BCUT2D eigenvalue weighted by Gasteiger charge is -2.27. The molecule has 22 heavy (non-hydrogen) atoms. The van der Waals surface area contributed by atoms with Gasteiger partial charge in [-0.3, -0.25) is 4.90 Å². The number of fused-ring (bicyclic) bond motifs is 1. The van der Waals surface area contributed by atoms with Crippen LogP contribution >= 0.6 is 0 Å². The van der Waals surface area contributed by atoms with Gasteiger partial charge in [-0.15, -0.1) is 0 Å². The Morgan fingerprint density at radius 1 is 1.05 bits per heavy atom. The van der Waals surface area contributed by atoms with Crippen molar-refractivity contribution < 1.29 is 4.42 Å². The molecule has 0 amide bonds. The zero-order valence-corrected chi connectivity index (χ0v) is 12.5. The molecule has 1 aromatic heterocycles. The van der Waals surface area contributed by atoms with E-state index in [1.165, 1.54) is 5.56 Å². The molecule has 4 rings (SSSR count). The van der Waals surface area contributed by atoms with E-state index in [9.17, 15) is 0 Å². The van der Waals surface area contributed by atoms with Crippen LogP contribution in [0.25, 0.3) is 22.6 Å². The molecule has 1 N–H and O–H groups in total. The molecule has 4 nitrogen and oxygen atoms in total. The smallest absolute Gasteiger partial charge is 0.227 e. The Balaban J connectivity index is 1.60. The van der Waals surface area contributed by atoms with Crippen molar-refractivity contribution in [1.29, 1.82) is 0 Å². The lowest BCUT2D eigenvalue weighted by Crippen LogP contribution is -2.42. The SMILES string of the molecule is c1ccc(-c2nc3cc(CN4CCNCC4)ccc3o2)cc1. The first-order chi connectivity index (χ1) is 10.9. The fourth-order valence-corrected chi connectivity index (χ4v) is 2.90. The third-order valence-corrected chi connectivity index (χ3v) is 4.09. The summed E-state index contributed by atoms with van der Waals surface area (Å²) in [6.07, 6.45) is 0. The van der Waals surface area contributed by atoms with Gasteiger partial charge < -0.3 is 9.73 Å². The number of benzene rings is 2. The van der Waals surface area contributed by atoms with Gasteiger partial charge in [-0.05, 0) is 29.8 Å². The van der Waals surface area contributed by atoms with E-state index in [4.69, 9.17) is 4.42 Å². The van der Waals surface area contributed by atoms with Crippen LogP contribution in [0, 0.1) is 0 Å².